The van der Waals surface area contributed by atoms with E-state index in [2.05, 4.69) is 34.6 Å². The molecule has 160 valence electrons. The second-order valence-electron chi connectivity index (χ2n) is 8.38. The highest BCUT2D eigenvalue weighted by molar-refractivity contribution is 5.89. The van der Waals surface area contributed by atoms with Gasteiger partial charge in [-0.05, 0) is 31.1 Å². The first-order valence-corrected chi connectivity index (χ1v) is 10.4. The van der Waals surface area contributed by atoms with Gasteiger partial charge in [-0.1, -0.05) is 79.1 Å². The van der Waals surface area contributed by atoms with Gasteiger partial charge in [-0.15, -0.1) is 0 Å². The van der Waals surface area contributed by atoms with Crippen molar-refractivity contribution in [3.8, 4) is 0 Å². The lowest BCUT2D eigenvalue weighted by Crippen LogP contribution is -2.14. The van der Waals surface area contributed by atoms with Crippen molar-refractivity contribution in [3.63, 3.8) is 0 Å². The van der Waals surface area contributed by atoms with Crippen molar-refractivity contribution in [2.45, 2.75) is 98.4 Å². The predicted octanol–water partition coefficient (Wildman–Crippen LogP) is 5.48. The maximum absolute atomic E-state index is 9.55. The summed E-state index contributed by atoms with van der Waals surface area (Å²) >= 11 is 0. The minimum absolute atomic E-state index is 0.383. The molecule has 5 nitrogen and oxygen atoms in total. The lowest BCUT2D eigenvalue weighted by molar-refractivity contribution is -0.134. The lowest BCUT2D eigenvalue weighted by Gasteiger charge is -2.15. The fraction of sp³-hybridized carbons (Fsp3) is 0.818. The second-order valence-corrected chi connectivity index (χ2v) is 8.38. The summed E-state index contributed by atoms with van der Waals surface area (Å²) in [6.07, 6.45) is 13.5. The minimum atomic E-state index is -1.26. The molecule has 3 unspecified atom stereocenters. The molecule has 3 atom stereocenters. The first kappa shape index (κ1) is 27.9. The Morgan fingerprint density at radius 2 is 1.04 bits per heavy atom. The zero-order valence-corrected chi connectivity index (χ0v) is 18.1. The molecule has 0 spiro atoms. The quantitative estimate of drug-likeness (QED) is 0.343. The van der Waals surface area contributed by atoms with Crippen LogP contribution >= 0.6 is 0 Å². The number of carbonyl (C=O) groups is 2. The van der Waals surface area contributed by atoms with Crippen LogP contribution in [0.1, 0.15) is 92.4 Å². The van der Waals surface area contributed by atoms with E-state index < -0.39 is 11.9 Å². The van der Waals surface area contributed by atoms with E-state index in [1.54, 1.807) is 0 Å². The summed E-state index contributed by atoms with van der Waals surface area (Å²) in [6.45, 7) is 11.6. The van der Waals surface area contributed by atoms with Gasteiger partial charge in [0.15, 0.2) is 0 Å². The Balaban J connectivity index is 0. The van der Waals surface area contributed by atoms with Crippen LogP contribution < -0.4 is 5.73 Å². The Kier molecular flexibility index (Phi) is 18.6. The van der Waals surface area contributed by atoms with E-state index in [-0.39, 0.29) is 0 Å². The van der Waals surface area contributed by atoms with Crippen LogP contribution in [0.15, 0.2) is 12.2 Å². The van der Waals surface area contributed by atoms with Crippen molar-refractivity contribution in [1.29, 1.82) is 0 Å². The zero-order chi connectivity index (χ0) is 21.2. The van der Waals surface area contributed by atoms with Crippen LogP contribution in [0.5, 0.6) is 0 Å². The van der Waals surface area contributed by atoms with E-state index in [4.69, 9.17) is 15.9 Å². The minimum Gasteiger partial charge on any atom is -0.478 e. The fourth-order valence-electron chi connectivity index (χ4n) is 2.91. The monoisotopic (exact) mass is 385 g/mol. The lowest BCUT2D eigenvalue weighted by atomic mass is 9.91. The van der Waals surface area contributed by atoms with Gasteiger partial charge < -0.3 is 15.9 Å². The van der Waals surface area contributed by atoms with Crippen molar-refractivity contribution in [2.24, 2.45) is 23.5 Å². The molecule has 0 saturated carbocycles. The Bertz CT molecular complexity index is 369. The molecule has 0 aromatic heterocycles. The van der Waals surface area contributed by atoms with Gasteiger partial charge in [-0.2, -0.15) is 0 Å². The molecule has 0 aromatic carbocycles. The molecule has 0 bridgehead atoms. The number of carboxylic acid groups (broad SMARTS) is 2. The molecule has 0 rings (SSSR count). The summed E-state index contributed by atoms with van der Waals surface area (Å²) in [5, 5.41) is 15.6. The molecule has 0 aromatic rings. The zero-order valence-electron chi connectivity index (χ0n) is 18.1. The summed E-state index contributed by atoms with van der Waals surface area (Å²) in [7, 11) is 0. The summed E-state index contributed by atoms with van der Waals surface area (Å²) < 4.78 is 0. The molecular weight excluding hydrogens is 342 g/mol. The van der Waals surface area contributed by atoms with Crippen LogP contribution in [0.2, 0.25) is 0 Å². The van der Waals surface area contributed by atoms with Crippen molar-refractivity contribution >= 4 is 11.9 Å². The standard InChI is InChI=1S/C18H39N.C4H4O4/c1-15(2)9-6-10-16(3)11-7-12-17(4)13-8-14-18(5)19;5-3(6)1-2-4(7)8/h15-18H,6-14,19H2,1-5H3;1-2H,(H,5,6)(H,7,8)/b;2-1+. The highest BCUT2D eigenvalue weighted by Crippen LogP contribution is 2.21. The normalized spacial score (nSPS) is 14.5. The van der Waals surface area contributed by atoms with Gasteiger partial charge in [-0.3, -0.25) is 0 Å². The molecule has 0 amide bonds. The van der Waals surface area contributed by atoms with Crippen LogP contribution in [-0.2, 0) is 9.59 Å². The maximum Gasteiger partial charge on any atom is 0.328 e. The second kappa shape index (κ2) is 18.0. The topological polar surface area (TPSA) is 101 Å². The molecule has 0 heterocycles. The molecule has 4 N–H and O–H groups in total. The third-order valence-electron chi connectivity index (χ3n) is 4.60. The summed E-state index contributed by atoms with van der Waals surface area (Å²) in [5.41, 5.74) is 5.79. The molecule has 0 aliphatic carbocycles. The van der Waals surface area contributed by atoms with Crippen molar-refractivity contribution in [3.05, 3.63) is 12.2 Å². The highest BCUT2D eigenvalue weighted by Gasteiger charge is 2.06. The van der Waals surface area contributed by atoms with Crippen LogP contribution in [-0.4, -0.2) is 28.2 Å². The van der Waals surface area contributed by atoms with Crippen molar-refractivity contribution < 1.29 is 19.8 Å². The molecule has 5 heteroatoms. The molecule has 0 aliphatic rings. The van der Waals surface area contributed by atoms with Crippen LogP contribution in [0.25, 0.3) is 0 Å². The average Bonchev–Trinajstić information content (AvgIpc) is 2.52. The van der Waals surface area contributed by atoms with Crippen molar-refractivity contribution in [1.82, 2.24) is 0 Å². The SMILES string of the molecule is CC(C)CCCC(C)CCCC(C)CCCC(C)N.O=C(O)/C=C/C(=O)O. The smallest absolute Gasteiger partial charge is 0.328 e. The third-order valence-corrected chi connectivity index (χ3v) is 4.60. The van der Waals surface area contributed by atoms with Crippen LogP contribution in [0.3, 0.4) is 0 Å². The summed E-state index contributed by atoms with van der Waals surface area (Å²) in [6, 6.07) is 0.383. The largest absolute Gasteiger partial charge is 0.478 e. The van der Waals surface area contributed by atoms with Gasteiger partial charge in [0.25, 0.3) is 0 Å². The summed E-state index contributed by atoms with van der Waals surface area (Å²) in [4.78, 5) is 19.1. The van der Waals surface area contributed by atoms with Gasteiger partial charge in [-0.25, -0.2) is 9.59 Å². The summed E-state index contributed by atoms with van der Waals surface area (Å²) in [5.74, 6) is 0.175. The van der Waals surface area contributed by atoms with Gasteiger partial charge in [0.1, 0.15) is 0 Å². The molecule has 27 heavy (non-hydrogen) atoms. The predicted molar refractivity (Wildman–Crippen MR) is 113 cm³/mol. The molecule has 0 radical (unpaired) electrons. The first-order valence-electron chi connectivity index (χ1n) is 10.4. The van der Waals surface area contributed by atoms with E-state index in [9.17, 15) is 9.59 Å². The van der Waals surface area contributed by atoms with Crippen molar-refractivity contribution in [2.75, 3.05) is 0 Å². The first-order chi connectivity index (χ1) is 12.5. The van der Waals surface area contributed by atoms with Gasteiger partial charge in [0.05, 0.1) is 0 Å². The number of rotatable bonds is 14. The fourth-order valence-corrected chi connectivity index (χ4v) is 2.91. The Morgan fingerprint density at radius 3 is 1.33 bits per heavy atom. The van der Waals surface area contributed by atoms with Gasteiger partial charge >= 0.3 is 11.9 Å². The highest BCUT2D eigenvalue weighted by atomic mass is 16.4. The number of aliphatic carboxylic acids is 2. The van der Waals surface area contributed by atoms with Gasteiger partial charge in [0, 0.05) is 18.2 Å². The maximum atomic E-state index is 9.55. The number of hydrogen-bond acceptors (Lipinski definition) is 3. The molecule has 0 fully saturated rings. The van der Waals surface area contributed by atoms with E-state index in [0.717, 1.165) is 17.8 Å². The third kappa shape index (κ3) is 27.0. The number of nitrogens with two attached hydrogens (primary N) is 1. The van der Waals surface area contributed by atoms with E-state index in [1.807, 2.05) is 0 Å². The van der Waals surface area contributed by atoms with E-state index >= 15 is 0 Å². The Labute approximate surface area is 166 Å². The molecule has 0 saturated heterocycles. The molecular formula is C22H43NO4. The van der Waals surface area contributed by atoms with E-state index in [0.29, 0.717) is 18.2 Å². The number of carboxylic acids is 2. The van der Waals surface area contributed by atoms with Crippen LogP contribution in [0.4, 0.5) is 0 Å². The Morgan fingerprint density at radius 1 is 0.704 bits per heavy atom. The average molecular weight is 386 g/mol. The van der Waals surface area contributed by atoms with Gasteiger partial charge in [0.2, 0.25) is 0 Å². The Hall–Kier alpha value is -1.36. The number of hydrogen-bond donors (Lipinski definition) is 3. The van der Waals surface area contributed by atoms with Crippen LogP contribution in [0, 0.1) is 17.8 Å². The van der Waals surface area contributed by atoms with E-state index in [1.165, 1.54) is 57.8 Å². The molecule has 0 aliphatic heterocycles.